The maximum Gasteiger partial charge on any atom is 0.280 e. The predicted molar refractivity (Wildman–Crippen MR) is 85.6 cm³/mol. The Hall–Kier alpha value is -1.99. The molecule has 0 bridgehead atoms. The summed E-state index contributed by atoms with van der Waals surface area (Å²) in [7, 11) is 0. The van der Waals surface area contributed by atoms with Gasteiger partial charge in [-0.2, -0.15) is 0 Å². The van der Waals surface area contributed by atoms with Crippen molar-refractivity contribution in [2.45, 2.75) is 52.2 Å². The van der Waals surface area contributed by atoms with Gasteiger partial charge in [-0.15, -0.1) is 0 Å². The lowest BCUT2D eigenvalue weighted by molar-refractivity contribution is -0.186. The number of ether oxygens (including phenoxy) is 1. The summed E-state index contributed by atoms with van der Waals surface area (Å²) in [5.41, 5.74) is 2.41. The molecule has 24 heavy (non-hydrogen) atoms. The van der Waals surface area contributed by atoms with Crippen LogP contribution >= 0.6 is 0 Å². The highest BCUT2D eigenvalue weighted by Crippen LogP contribution is 2.33. The minimum absolute atomic E-state index is 0.0666. The third kappa shape index (κ3) is 3.57. The Bertz CT molecular complexity index is 716. The quantitative estimate of drug-likeness (QED) is 0.820. The first kappa shape index (κ1) is 16.9. The maximum absolute atomic E-state index is 12.3. The molecule has 2 aliphatic rings. The van der Waals surface area contributed by atoms with E-state index >= 15 is 0 Å². The lowest BCUT2D eigenvalue weighted by Gasteiger charge is -2.29. The fourth-order valence-electron chi connectivity index (χ4n) is 3.17. The molecule has 1 fully saturated rings. The van der Waals surface area contributed by atoms with Gasteiger partial charge < -0.3 is 9.72 Å². The number of ketones is 1. The molecule has 7 heteroatoms. The topological polar surface area (TPSA) is 97.5 Å². The van der Waals surface area contributed by atoms with Crippen molar-refractivity contribution >= 4 is 11.7 Å². The van der Waals surface area contributed by atoms with Crippen molar-refractivity contribution in [3.05, 3.63) is 33.2 Å². The molecule has 1 amide bonds. The van der Waals surface area contributed by atoms with E-state index in [0.717, 1.165) is 12.8 Å². The summed E-state index contributed by atoms with van der Waals surface area (Å²) >= 11 is 0. The molecule has 0 unspecified atom stereocenters. The zero-order valence-corrected chi connectivity index (χ0v) is 13.9. The average molecular weight is 334 g/mol. The van der Waals surface area contributed by atoms with Crippen molar-refractivity contribution in [1.82, 2.24) is 10.5 Å². The standard InChI is InChI=1S/C17H22N2O5/c1-17(2)8-12-10(13(20)9-17)7-11(15(21)18-12)16(22)19-24-14-5-3-4-6-23-14/h7,14H,3-6,8-9H2,1-2H3,(H,18,21)(H,19,22)/t14-/m0/s1. The summed E-state index contributed by atoms with van der Waals surface area (Å²) in [6, 6.07) is 1.37. The molecule has 1 aliphatic carbocycles. The van der Waals surface area contributed by atoms with Gasteiger partial charge in [-0.05, 0) is 30.7 Å². The number of carbonyl (C=O) groups excluding carboxylic acids is 2. The van der Waals surface area contributed by atoms with E-state index in [1.54, 1.807) is 0 Å². The Balaban J connectivity index is 1.76. The van der Waals surface area contributed by atoms with Crippen LogP contribution in [0, 0.1) is 5.41 Å². The first-order chi connectivity index (χ1) is 11.4. The number of H-pyrrole nitrogens is 1. The maximum atomic E-state index is 12.3. The Morgan fingerprint density at radius 3 is 2.83 bits per heavy atom. The van der Waals surface area contributed by atoms with Crippen LogP contribution in [0.2, 0.25) is 0 Å². The molecular formula is C17H22N2O5. The van der Waals surface area contributed by atoms with Crippen LogP contribution in [0.1, 0.15) is 65.9 Å². The van der Waals surface area contributed by atoms with Gasteiger partial charge >= 0.3 is 0 Å². The fourth-order valence-corrected chi connectivity index (χ4v) is 3.17. The largest absolute Gasteiger partial charge is 0.350 e. The van der Waals surface area contributed by atoms with Crippen LogP contribution in [0.4, 0.5) is 0 Å². The number of rotatable bonds is 3. The highest BCUT2D eigenvalue weighted by Gasteiger charge is 2.32. The molecule has 0 saturated carbocycles. The number of pyridine rings is 1. The second-order valence-electron chi connectivity index (χ2n) is 7.19. The lowest BCUT2D eigenvalue weighted by atomic mass is 9.75. The normalized spacial score (nSPS) is 22.8. The number of aromatic nitrogens is 1. The minimum atomic E-state index is -0.675. The van der Waals surface area contributed by atoms with E-state index in [9.17, 15) is 14.4 Å². The van der Waals surface area contributed by atoms with Gasteiger partial charge in [0, 0.05) is 30.7 Å². The van der Waals surface area contributed by atoms with Gasteiger partial charge in [0.1, 0.15) is 5.56 Å². The molecule has 1 saturated heterocycles. The van der Waals surface area contributed by atoms with Gasteiger partial charge in [0.25, 0.3) is 11.5 Å². The zero-order chi connectivity index (χ0) is 17.3. The van der Waals surface area contributed by atoms with Crippen molar-refractivity contribution in [1.29, 1.82) is 0 Å². The van der Waals surface area contributed by atoms with Gasteiger partial charge in [-0.25, -0.2) is 10.3 Å². The molecule has 0 aromatic carbocycles. The highest BCUT2D eigenvalue weighted by molar-refractivity contribution is 6.01. The van der Waals surface area contributed by atoms with Crippen LogP contribution in [0.25, 0.3) is 0 Å². The molecule has 1 aromatic rings. The fraction of sp³-hybridized carbons (Fsp3) is 0.588. The molecule has 1 aliphatic heterocycles. The number of amides is 1. The summed E-state index contributed by atoms with van der Waals surface area (Å²) < 4.78 is 5.35. The molecule has 0 spiro atoms. The van der Waals surface area contributed by atoms with E-state index in [1.165, 1.54) is 6.07 Å². The van der Waals surface area contributed by atoms with E-state index in [0.29, 0.717) is 37.1 Å². The van der Waals surface area contributed by atoms with Crippen LogP contribution in [0.3, 0.4) is 0 Å². The molecule has 0 radical (unpaired) electrons. The van der Waals surface area contributed by atoms with Gasteiger partial charge in [0.2, 0.25) is 0 Å². The predicted octanol–water partition coefficient (Wildman–Crippen LogP) is 1.72. The number of Topliss-reactive ketones (excluding diaryl/α,β-unsaturated/α-hetero) is 1. The van der Waals surface area contributed by atoms with Crippen molar-refractivity contribution < 1.29 is 19.2 Å². The second kappa shape index (κ2) is 6.49. The van der Waals surface area contributed by atoms with Crippen LogP contribution < -0.4 is 11.0 Å². The van der Waals surface area contributed by atoms with Crippen molar-refractivity contribution in [3.8, 4) is 0 Å². The van der Waals surface area contributed by atoms with E-state index in [-0.39, 0.29) is 16.8 Å². The third-order valence-corrected chi connectivity index (χ3v) is 4.38. The number of aromatic amines is 1. The van der Waals surface area contributed by atoms with Crippen LogP contribution in [0.5, 0.6) is 0 Å². The summed E-state index contributed by atoms with van der Waals surface area (Å²) in [5.74, 6) is -0.742. The Morgan fingerprint density at radius 2 is 2.12 bits per heavy atom. The summed E-state index contributed by atoms with van der Waals surface area (Å²) in [4.78, 5) is 44.6. The zero-order valence-electron chi connectivity index (χ0n) is 13.9. The number of carbonyl (C=O) groups is 2. The second-order valence-corrected chi connectivity index (χ2v) is 7.19. The summed E-state index contributed by atoms with van der Waals surface area (Å²) in [6.07, 6.45) is 3.11. The van der Waals surface area contributed by atoms with Crippen LogP contribution in [0.15, 0.2) is 10.9 Å². The minimum Gasteiger partial charge on any atom is -0.350 e. The molecule has 130 valence electrons. The molecule has 2 N–H and O–H groups in total. The van der Waals surface area contributed by atoms with Crippen molar-refractivity contribution in [2.24, 2.45) is 5.41 Å². The van der Waals surface area contributed by atoms with Crippen molar-refractivity contribution in [2.75, 3.05) is 6.61 Å². The Kier molecular flexibility index (Phi) is 4.56. The average Bonchev–Trinajstić information content (AvgIpc) is 2.52. The van der Waals surface area contributed by atoms with E-state index < -0.39 is 17.8 Å². The third-order valence-electron chi connectivity index (χ3n) is 4.38. The van der Waals surface area contributed by atoms with E-state index in [4.69, 9.17) is 9.57 Å². The molecule has 2 heterocycles. The van der Waals surface area contributed by atoms with Gasteiger partial charge in [-0.1, -0.05) is 13.8 Å². The number of hydroxylamine groups is 1. The first-order valence-electron chi connectivity index (χ1n) is 8.23. The Morgan fingerprint density at radius 1 is 1.33 bits per heavy atom. The monoisotopic (exact) mass is 334 g/mol. The SMILES string of the molecule is CC1(C)CC(=O)c2cc(C(=O)NO[C@H]3CCCCO3)c(=O)[nH]c2C1. The molecule has 1 atom stereocenters. The van der Waals surface area contributed by atoms with Gasteiger partial charge in [0.05, 0.1) is 0 Å². The van der Waals surface area contributed by atoms with Gasteiger partial charge in [-0.3, -0.25) is 14.4 Å². The summed E-state index contributed by atoms with van der Waals surface area (Å²) in [6.45, 7) is 4.54. The molecular weight excluding hydrogens is 312 g/mol. The van der Waals surface area contributed by atoms with E-state index in [1.807, 2.05) is 13.8 Å². The van der Waals surface area contributed by atoms with Gasteiger partial charge in [0.15, 0.2) is 12.1 Å². The molecule has 7 nitrogen and oxygen atoms in total. The van der Waals surface area contributed by atoms with E-state index in [2.05, 4.69) is 10.5 Å². The molecule has 3 rings (SSSR count). The smallest absolute Gasteiger partial charge is 0.280 e. The van der Waals surface area contributed by atoms with Crippen molar-refractivity contribution in [3.63, 3.8) is 0 Å². The number of fused-ring (bicyclic) bond motifs is 1. The number of hydrogen-bond acceptors (Lipinski definition) is 5. The van der Waals surface area contributed by atoms with Crippen LogP contribution in [-0.4, -0.2) is 29.6 Å². The number of nitrogens with one attached hydrogen (secondary N) is 2. The first-order valence-corrected chi connectivity index (χ1v) is 8.23. The molecule has 1 aromatic heterocycles. The summed E-state index contributed by atoms with van der Waals surface area (Å²) in [5, 5.41) is 0. The lowest BCUT2D eigenvalue weighted by Crippen LogP contribution is -2.37. The number of hydrogen-bond donors (Lipinski definition) is 2. The highest BCUT2D eigenvalue weighted by atomic mass is 16.8. The Labute approximate surface area is 139 Å². The van der Waals surface area contributed by atoms with Crippen LogP contribution in [-0.2, 0) is 16.0 Å².